The number of fused-ring (bicyclic) bond motifs is 1. The Balaban J connectivity index is 1.19. The van der Waals surface area contributed by atoms with E-state index in [1.807, 2.05) is 0 Å². The summed E-state index contributed by atoms with van der Waals surface area (Å²) >= 11 is 0. The summed E-state index contributed by atoms with van der Waals surface area (Å²) in [5.41, 5.74) is 0. The second kappa shape index (κ2) is 8.74. The van der Waals surface area contributed by atoms with E-state index < -0.39 is 11.9 Å². The fourth-order valence-electron chi connectivity index (χ4n) is 4.65. The first-order valence-electron chi connectivity index (χ1n) is 10.2. The summed E-state index contributed by atoms with van der Waals surface area (Å²) in [6.45, 7) is 0.527. The highest BCUT2D eigenvalue weighted by Crippen LogP contribution is 2.55. The third-order valence-electron chi connectivity index (χ3n) is 6.05. The van der Waals surface area contributed by atoms with Gasteiger partial charge in [-0.25, -0.2) is 4.79 Å². The quantitative estimate of drug-likeness (QED) is 0.299. The molecule has 3 aliphatic rings. The Labute approximate surface area is 163 Å². The van der Waals surface area contributed by atoms with Crippen LogP contribution in [-0.4, -0.2) is 42.6 Å². The molecule has 6 nitrogen and oxygen atoms in total. The van der Waals surface area contributed by atoms with Gasteiger partial charge in [0.05, 0.1) is 12.5 Å². The Hall–Kier alpha value is -1.73. The highest BCUT2D eigenvalue weighted by molar-refractivity contribution is 5.77. The van der Waals surface area contributed by atoms with Crippen molar-refractivity contribution in [3.63, 3.8) is 0 Å². The molecule has 0 aromatic heterocycles. The van der Waals surface area contributed by atoms with Crippen molar-refractivity contribution < 1.29 is 37.4 Å². The standard InChI is InChI=1S/C20H28F2O6/c1-20(21,22)19(25)26-9-7-5-3-2-4-6-8-15(23)27-16-12-10-13-14(11-12)18(24)28-17(13)16/h12-14,16-17H,2-11H2,1H3. The van der Waals surface area contributed by atoms with Crippen molar-refractivity contribution >= 4 is 17.9 Å². The Morgan fingerprint density at radius 2 is 1.79 bits per heavy atom. The van der Waals surface area contributed by atoms with Gasteiger partial charge in [-0.15, -0.1) is 0 Å². The average molecular weight is 402 g/mol. The molecule has 0 N–H and O–H groups in total. The zero-order chi connectivity index (χ0) is 20.3. The number of ether oxygens (including phenoxy) is 3. The van der Waals surface area contributed by atoms with Crippen LogP contribution in [0.5, 0.6) is 0 Å². The van der Waals surface area contributed by atoms with Crippen LogP contribution in [0.1, 0.15) is 64.7 Å². The molecule has 8 heteroatoms. The monoisotopic (exact) mass is 402 g/mol. The molecule has 1 aliphatic heterocycles. The Morgan fingerprint density at radius 1 is 1.11 bits per heavy atom. The van der Waals surface area contributed by atoms with Crippen LogP contribution in [0.25, 0.3) is 0 Å². The van der Waals surface area contributed by atoms with Crippen LogP contribution in [-0.2, 0) is 28.6 Å². The molecule has 5 unspecified atom stereocenters. The second-order valence-corrected chi connectivity index (χ2v) is 8.25. The number of hydrogen-bond acceptors (Lipinski definition) is 6. The van der Waals surface area contributed by atoms with E-state index in [9.17, 15) is 23.2 Å². The number of carbonyl (C=O) groups excluding carboxylic acids is 3. The van der Waals surface area contributed by atoms with E-state index in [2.05, 4.69) is 4.74 Å². The number of unbranched alkanes of at least 4 members (excludes halogenated alkanes) is 5. The fraction of sp³-hybridized carbons (Fsp3) is 0.850. The minimum atomic E-state index is -3.44. The summed E-state index contributed by atoms with van der Waals surface area (Å²) in [6.07, 6.45) is 6.29. The molecule has 28 heavy (non-hydrogen) atoms. The zero-order valence-electron chi connectivity index (χ0n) is 16.2. The van der Waals surface area contributed by atoms with Crippen molar-refractivity contribution in [3.8, 4) is 0 Å². The van der Waals surface area contributed by atoms with E-state index in [0.29, 0.717) is 19.8 Å². The summed E-state index contributed by atoms with van der Waals surface area (Å²) in [6, 6.07) is 0. The van der Waals surface area contributed by atoms with Gasteiger partial charge in [0.25, 0.3) is 0 Å². The van der Waals surface area contributed by atoms with Crippen LogP contribution >= 0.6 is 0 Å². The molecule has 0 aromatic rings. The van der Waals surface area contributed by atoms with Crippen molar-refractivity contribution in [2.24, 2.45) is 17.8 Å². The summed E-state index contributed by atoms with van der Waals surface area (Å²) in [7, 11) is 0. The summed E-state index contributed by atoms with van der Waals surface area (Å²) in [5, 5.41) is 0. The molecular formula is C20H28F2O6. The Morgan fingerprint density at radius 3 is 2.50 bits per heavy atom. The number of hydrogen-bond donors (Lipinski definition) is 0. The predicted molar refractivity (Wildman–Crippen MR) is 93.4 cm³/mol. The van der Waals surface area contributed by atoms with Crippen LogP contribution in [0.3, 0.4) is 0 Å². The van der Waals surface area contributed by atoms with Crippen molar-refractivity contribution in [2.45, 2.75) is 82.8 Å². The molecule has 0 spiro atoms. The number of carbonyl (C=O) groups is 3. The fourth-order valence-corrected chi connectivity index (χ4v) is 4.65. The van der Waals surface area contributed by atoms with Gasteiger partial charge < -0.3 is 14.2 Å². The SMILES string of the molecule is CC(F)(F)C(=O)OCCCCCCCCC(=O)OC1C2CC3C(=O)OC1C3C2. The lowest BCUT2D eigenvalue weighted by molar-refractivity contribution is -0.169. The minimum absolute atomic E-state index is 0.00470. The lowest BCUT2D eigenvalue weighted by atomic mass is 9.88. The second-order valence-electron chi connectivity index (χ2n) is 8.25. The zero-order valence-corrected chi connectivity index (χ0v) is 16.2. The normalized spacial score (nSPS) is 30.4. The van der Waals surface area contributed by atoms with Crippen LogP contribution in [0.15, 0.2) is 0 Å². The van der Waals surface area contributed by atoms with Gasteiger partial charge >= 0.3 is 23.8 Å². The highest BCUT2D eigenvalue weighted by atomic mass is 19.3. The summed E-state index contributed by atoms with van der Waals surface area (Å²) in [4.78, 5) is 34.7. The van der Waals surface area contributed by atoms with Crippen LogP contribution in [0, 0.1) is 17.8 Å². The minimum Gasteiger partial charge on any atom is -0.461 e. The smallest absolute Gasteiger partial charge is 0.376 e. The molecular weight excluding hydrogens is 374 g/mol. The van der Waals surface area contributed by atoms with E-state index >= 15 is 0 Å². The van der Waals surface area contributed by atoms with E-state index in [-0.39, 0.29) is 48.5 Å². The van der Waals surface area contributed by atoms with E-state index in [1.54, 1.807) is 0 Å². The molecule has 1 heterocycles. The molecule has 3 rings (SSSR count). The molecule has 158 valence electrons. The first-order chi connectivity index (χ1) is 13.3. The third kappa shape index (κ3) is 4.81. The average Bonchev–Trinajstić information content (AvgIpc) is 3.24. The predicted octanol–water partition coefficient (Wildman–Crippen LogP) is 3.41. The molecule has 2 saturated carbocycles. The van der Waals surface area contributed by atoms with Crippen molar-refractivity contribution in [1.29, 1.82) is 0 Å². The summed E-state index contributed by atoms with van der Waals surface area (Å²) in [5.74, 6) is -4.77. The lowest BCUT2D eigenvalue weighted by Crippen LogP contribution is -2.35. The van der Waals surface area contributed by atoms with Crippen LogP contribution in [0.2, 0.25) is 0 Å². The number of esters is 3. The highest BCUT2D eigenvalue weighted by Gasteiger charge is 2.63. The molecule has 2 bridgehead atoms. The largest absolute Gasteiger partial charge is 0.461 e. The number of alkyl halides is 2. The van der Waals surface area contributed by atoms with E-state index in [4.69, 9.17) is 9.47 Å². The topological polar surface area (TPSA) is 78.9 Å². The molecule has 5 atom stereocenters. The molecule has 0 aromatic carbocycles. The Bertz CT molecular complexity index is 602. The van der Waals surface area contributed by atoms with Gasteiger partial charge in [-0.3, -0.25) is 9.59 Å². The van der Waals surface area contributed by atoms with Gasteiger partial charge in [-0.2, -0.15) is 8.78 Å². The van der Waals surface area contributed by atoms with E-state index in [0.717, 1.165) is 44.9 Å². The van der Waals surface area contributed by atoms with Gasteiger partial charge in [0.2, 0.25) is 0 Å². The molecule has 2 aliphatic carbocycles. The first-order valence-corrected chi connectivity index (χ1v) is 10.2. The molecule has 3 fully saturated rings. The molecule has 0 amide bonds. The van der Waals surface area contributed by atoms with Gasteiger partial charge in [0, 0.05) is 25.2 Å². The van der Waals surface area contributed by atoms with Crippen molar-refractivity contribution in [1.82, 2.24) is 0 Å². The van der Waals surface area contributed by atoms with Gasteiger partial charge in [-0.05, 0) is 25.7 Å². The Kier molecular flexibility index (Phi) is 6.55. The van der Waals surface area contributed by atoms with Gasteiger partial charge in [0.1, 0.15) is 12.2 Å². The van der Waals surface area contributed by atoms with Gasteiger partial charge in [-0.1, -0.05) is 25.7 Å². The maximum Gasteiger partial charge on any atom is 0.376 e. The van der Waals surface area contributed by atoms with Crippen LogP contribution < -0.4 is 0 Å². The van der Waals surface area contributed by atoms with Gasteiger partial charge in [0.15, 0.2) is 0 Å². The van der Waals surface area contributed by atoms with Crippen molar-refractivity contribution in [2.75, 3.05) is 6.61 Å². The van der Waals surface area contributed by atoms with Crippen molar-refractivity contribution in [3.05, 3.63) is 0 Å². The third-order valence-corrected chi connectivity index (χ3v) is 6.05. The maximum absolute atomic E-state index is 12.6. The van der Waals surface area contributed by atoms with Crippen LogP contribution in [0.4, 0.5) is 8.78 Å². The maximum atomic E-state index is 12.6. The lowest BCUT2D eigenvalue weighted by Gasteiger charge is -2.25. The molecule has 1 saturated heterocycles. The number of rotatable bonds is 11. The summed E-state index contributed by atoms with van der Waals surface area (Å²) < 4.78 is 40.7. The number of halogens is 2. The first kappa shape index (κ1) is 21.0. The molecule has 0 radical (unpaired) electrons. The van der Waals surface area contributed by atoms with E-state index in [1.165, 1.54) is 0 Å².